The van der Waals surface area contributed by atoms with Crippen LogP contribution in [0.3, 0.4) is 0 Å². The fourth-order valence-corrected chi connectivity index (χ4v) is 1.96. The van der Waals surface area contributed by atoms with Gasteiger partial charge >= 0.3 is 0 Å². The van der Waals surface area contributed by atoms with Crippen LogP contribution in [0.25, 0.3) is 0 Å². The number of terminal acetylenes is 1. The van der Waals surface area contributed by atoms with E-state index in [4.69, 9.17) is 6.42 Å². The summed E-state index contributed by atoms with van der Waals surface area (Å²) < 4.78 is 0. The van der Waals surface area contributed by atoms with E-state index in [1.165, 1.54) is 12.8 Å². The molecule has 0 heterocycles. The molecular weight excluding hydrogens is 234 g/mol. The minimum Gasteiger partial charge on any atom is -0.309 e. The number of ketones is 1. The molecule has 19 heavy (non-hydrogen) atoms. The molecule has 0 spiro atoms. The lowest BCUT2D eigenvalue weighted by Crippen LogP contribution is -2.12. The average molecular weight is 257 g/mol. The molecule has 0 N–H and O–H groups in total. The number of carbonyl (C=O) groups is 1. The SMILES string of the molecule is C#Cc1ccc(C(=O)CCCCCCN(C)C)cc1. The maximum atomic E-state index is 11.9. The Bertz CT molecular complexity index is 426. The Kier molecular flexibility index (Phi) is 6.92. The molecule has 0 aliphatic carbocycles. The van der Waals surface area contributed by atoms with E-state index in [1.807, 2.05) is 24.3 Å². The molecule has 0 fully saturated rings. The summed E-state index contributed by atoms with van der Waals surface area (Å²) in [5.74, 6) is 2.77. The van der Waals surface area contributed by atoms with Gasteiger partial charge in [-0.05, 0) is 45.6 Å². The molecule has 102 valence electrons. The number of benzene rings is 1. The zero-order valence-corrected chi connectivity index (χ0v) is 12.0. The van der Waals surface area contributed by atoms with E-state index in [0.717, 1.165) is 30.5 Å². The van der Waals surface area contributed by atoms with Crippen LogP contribution in [0.4, 0.5) is 0 Å². The van der Waals surface area contributed by atoms with Crippen LogP contribution < -0.4 is 0 Å². The summed E-state index contributed by atoms with van der Waals surface area (Å²) in [6.07, 6.45) is 10.4. The van der Waals surface area contributed by atoms with Crippen LogP contribution >= 0.6 is 0 Å². The summed E-state index contributed by atoms with van der Waals surface area (Å²) in [7, 11) is 4.17. The molecule has 0 aliphatic rings. The number of hydrogen-bond acceptors (Lipinski definition) is 2. The van der Waals surface area contributed by atoms with E-state index in [2.05, 4.69) is 24.9 Å². The summed E-state index contributed by atoms with van der Waals surface area (Å²) in [6, 6.07) is 7.29. The Labute approximate surface area is 116 Å². The second-order valence-corrected chi connectivity index (χ2v) is 5.11. The second kappa shape index (κ2) is 8.50. The molecule has 0 saturated heterocycles. The van der Waals surface area contributed by atoms with Crippen LogP contribution in [0.15, 0.2) is 24.3 Å². The smallest absolute Gasteiger partial charge is 0.162 e. The van der Waals surface area contributed by atoms with Crippen molar-refractivity contribution in [2.24, 2.45) is 0 Å². The summed E-state index contributed by atoms with van der Waals surface area (Å²) >= 11 is 0. The summed E-state index contributed by atoms with van der Waals surface area (Å²) in [5.41, 5.74) is 1.59. The zero-order valence-electron chi connectivity index (χ0n) is 12.0. The normalized spacial score (nSPS) is 10.4. The topological polar surface area (TPSA) is 20.3 Å². The first kappa shape index (κ1) is 15.5. The van der Waals surface area contributed by atoms with Gasteiger partial charge in [0.05, 0.1) is 0 Å². The van der Waals surface area contributed by atoms with Crippen molar-refractivity contribution < 1.29 is 4.79 Å². The van der Waals surface area contributed by atoms with Crippen molar-refractivity contribution in [3.63, 3.8) is 0 Å². The molecule has 2 nitrogen and oxygen atoms in total. The maximum Gasteiger partial charge on any atom is 0.162 e. The Morgan fingerprint density at radius 2 is 1.74 bits per heavy atom. The van der Waals surface area contributed by atoms with Gasteiger partial charge in [-0.2, -0.15) is 0 Å². The van der Waals surface area contributed by atoms with Gasteiger partial charge < -0.3 is 4.90 Å². The third-order valence-electron chi connectivity index (χ3n) is 3.13. The number of unbranched alkanes of at least 4 members (excludes halogenated alkanes) is 3. The molecular formula is C17H23NO. The zero-order chi connectivity index (χ0) is 14.1. The Balaban J connectivity index is 2.22. The van der Waals surface area contributed by atoms with Gasteiger partial charge in [-0.15, -0.1) is 6.42 Å². The molecule has 0 atom stereocenters. The average Bonchev–Trinajstić information content (AvgIpc) is 2.42. The maximum absolute atomic E-state index is 11.9. The van der Waals surface area contributed by atoms with Gasteiger partial charge in [-0.25, -0.2) is 0 Å². The molecule has 0 aromatic heterocycles. The second-order valence-electron chi connectivity index (χ2n) is 5.11. The highest BCUT2D eigenvalue weighted by molar-refractivity contribution is 5.96. The Morgan fingerprint density at radius 1 is 1.11 bits per heavy atom. The lowest BCUT2D eigenvalue weighted by molar-refractivity contribution is 0.0979. The molecule has 2 heteroatoms. The van der Waals surface area contributed by atoms with Gasteiger partial charge in [0.15, 0.2) is 5.78 Å². The summed E-state index contributed by atoms with van der Waals surface area (Å²) in [4.78, 5) is 14.1. The molecule has 0 bridgehead atoms. The van der Waals surface area contributed by atoms with Crippen LogP contribution in [0, 0.1) is 12.3 Å². The van der Waals surface area contributed by atoms with Crippen molar-refractivity contribution in [1.29, 1.82) is 0 Å². The highest BCUT2D eigenvalue weighted by Gasteiger charge is 2.05. The van der Waals surface area contributed by atoms with Gasteiger partial charge in [0.25, 0.3) is 0 Å². The number of Topliss-reactive ketones (excluding diaryl/α,β-unsaturated/α-hetero) is 1. The highest BCUT2D eigenvalue weighted by Crippen LogP contribution is 2.10. The first-order valence-electron chi connectivity index (χ1n) is 6.88. The van der Waals surface area contributed by atoms with Gasteiger partial charge in [-0.1, -0.05) is 30.9 Å². The lowest BCUT2D eigenvalue weighted by Gasteiger charge is -2.08. The van der Waals surface area contributed by atoms with Crippen molar-refractivity contribution in [3.05, 3.63) is 35.4 Å². The van der Waals surface area contributed by atoms with Crippen molar-refractivity contribution in [3.8, 4) is 12.3 Å². The molecule has 1 rings (SSSR count). The first-order chi connectivity index (χ1) is 9.13. The third kappa shape index (κ3) is 6.22. The fraction of sp³-hybridized carbons (Fsp3) is 0.471. The minimum absolute atomic E-state index is 0.219. The Hall–Kier alpha value is -1.59. The van der Waals surface area contributed by atoms with Crippen molar-refractivity contribution >= 4 is 5.78 Å². The van der Waals surface area contributed by atoms with Gasteiger partial charge in [0, 0.05) is 17.5 Å². The predicted molar refractivity (Wildman–Crippen MR) is 80.3 cm³/mol. The standard InChI is InChI=1S/C17H23NO/c1-4-15-10-12-16(13-11-15)17(19)9-7-5-6-8-14-18(2)3/h1,10-13H,5-9,14H2,2-3H3. The monoisotopic (exact) mass is 257 g/mol. The molecule has 0 aliphatic heterocycles. The highest BCUT2D eigenvalue weighted by atomic mass is 16.1. The lowest BCUT2D eigenvalue weighted by atomic mass is 10.0. The number of hydrogen-bond donors (Lipinski definition) is 0. The molecule has 0 radical (unpaired) electrons. The molecule has 0 amide bonds. The minimum atomic E-state index is 0.219. The fourth-order valence-electron chi connectivity index (χ4n) is 1.96. The van der Waals surface area contributed by atoms with Crippen molar-refractivity contribution in [2.75, 3.05) is 20.6 Å². The number of rotatable bonds is 8. The van der Waals surface area contributed by atoms with E-state index in [-0.39, 0.29) is 5.78 Å². The molecule has 0 saturated carbocycles. The summed E-state index contributed by atoms with van der Waals surface area (Å²) in [6.45, 7) is 1.13. The van der Waals surface area contributed by atoms with Crippen LogP contribution in [-0.2, 0) is 0 Å². The van der Waals surface area contributed by atoms with Crippen LogP contribution in [-0.4, -0.2) is 31.3 Å². The third-order valence-corrected chi connectivity index (χ3v) is 3.13. The van der Waals surface area contributed by atoms with Gasteiger partial charge in [-0.3, -0.25) is 4.79 Å². The van der Waals surface area contributed by atoms with E-state index in [0.29, 0.717) is 6.42 Å². The largest absolute Gasteiger partial charge is 0.309 e. The quantitative estimate of drug-likeness (QED) is 0.404. The van der Waals surface area contributed by atoms with Gasteiger partial charge in [0.1, 0.15) is 0 Å². The Morgan fingerprint density at radius 3 is 2.32 bits per heavy atom. The van der Waals surface area contributed by atoms with E-state index in [9.17, 15) is 4.79 Å². The van der Waals surface area contributed by atoms with Crippen molar-refractivity contribution in [1.82, 2.24) is 4.90 Å². The van der Waals surface area contributed by atoms with E-state index < -0.39 is 0 Å². The molecule has 1 aromatic rings. The van der Waals surface area contributed by atoms with E-state index >= 15 is 0 Å². The number of carbonyl (C=O) groups excluding carboxylic acids is 1. The van der Waals surface area contributed by atoms with Crippen LogP contribution in [0.1, 0.15) is 48.0 Å². The van der Waals surface area contributed by atoms with Crippen LogP contribution in [0.5, 0.6) is 0 Å². The van der Waals surface area contributed by atoms with Crippen molar-refractivity contribution in [2.45, 2.75) is 32.1 Å². The first-order valence-corrected chi connectivity index (χ1v) is 6.88. The molecule has 1 aromatic carbocycles. The van der Waals surface area contributed by atoms with E-state index in [1.54, 1.807) is 0 Å². The molecule has 0 unspecified atom stereocenters. The van der Waals surface area contributed by atoms with Crippen LogP contribution in [0.2, 0.25) is 0 Å². The number of nitrogens with zero attached hydrogens (tertiary/aromatic N) is 1. The predicted octanol–water partition coefficient (Wildman–Crippen LogP) is 3.36. The summed E-state index contributed by atoms with van der Waals surface area (Å²) in [5, 5.41) is 0. The van der Waals surface area contributed by atoms with Gasteiger partial charge in [0.2, 0.25) is 0 Å².